The van der Waals surface area contributed by atoms with Crippen molar-refractivity contribution >= 4 is 50.7 Å². The smallest absolute Gasteiger partial charge is 0.0723 e. The van der Waals surface area contributed by atoms with Crippen molar-refractivity contribution in [3.8, 4) is 0 Å². The Kier molecular flexibility index (Phi) is 2.25. The van der Waals surface area contributed by atoms with Crippen LogP contribution in [0.5, 0.6) is 0 Å². The second kappa shape index (κ2) is 3.56. The molecular formula is C13H10Cl2N2. The molecule has 3 rings (SSSR count). The maximum atomic E-state index is 6.05. The lowest BCUT2D eigenvalue weighted by Crippen LogP contribution is -1.92. The van der Waals surface area contributed by atoms with E-state index in [-0.39, 0.29) is 0 Å². The molecule has 0 radical (unpaired) electrons. The number of fused-ring (bicyclic) bond motifs is 3. The van der Waals surface area contributed by atoms with E-state index in [0.29, 0.717) is 15.7 Å². The number of rotatable bonds is 0. The van der Waals surface area contributed by atoms with Crippen LogP contribution >= 0.6 is 23.2 Å². The molecule has 0 aliphatic carbocycles. The van der Waals surface area contributed by atoms with Gasteiger partial charge in [0.05, 0.1) is 11.2 Å². The summed E-state index contributed by atoms with van der Waals surface area (Å²) < 4.78 is 2.06. The summed E-state index contributed by atoms with van der Waals surface area (Å²) in [6.07, 6.45) is 0. The van der Waals surface area contributed by atoms with Gasteiger partial charge in [-0.1, -0.05) is 23.2 Å². The van der Waals surface area contributed by atoms with Gasteiger partial charge in [-0.25, -0.2) is 0 Å². The van der Waals surface area contributed by atoms with Gasteiger partial charge in [-0.05, 0) is 30.3 Å². The summed E-state index contributed by atoms with van der Waals surface area (Å²) in [5.41, 5.74) is 8.79. The van der Waals surface area contributed by atoms with Gasteiger partial charge in [0.1, 0.15) is 0 Å². The van der Waals surface area contributed by atoms with Crippen LogP contribution in [0.3, 0.4) is 0 Å². The summed E-state index contributed by atoms with van der Waals surface area (Å²) in [6, 6.07) is 9.50. The first-order chi connectivity index (χ1) is 8.08. The van der Waals surface area contributed by atoms with Gasteiger partial charge in [0, 0.05) is 33.4 Å². The first-order valence-electron chi connectivity index (χ1n) is 5.20. The molecule has 0 atom stereocenters. The van der Waals surface area contributed by atoms with E-state index in [4.69, 9.17) is 28.9 Å². The lowest BCUT2D eigenvalue weighted by atomic mass is 10.1. The van der Waals surface area contributed by atoms with Crippen LogP contribution in [-0.4, -0.2) is 4.57 Å². The van der Waals surface area contributed by atoms with Gasteiger partial charge in [0.15, 0.2) is 0 Å². The first kappa shape index (κ1) is 10.8. The fraction of sp³-hybridized carbons (Fsp3) is 0.0769. The Balaban J connectivity index is 2.64. The predicted octanol–water partition coefficient (Wildman–Crippen LogP) is 4.22. The normalized spacial score (nSPS) is 11.5. The van der Waals surface area contributed by atoms with Crippen LogP contribution in [0.4, 0.5) is 5.69 Å². The third kappa shape index (κ3) is 1.48. The summed E-state index contributed by atoms with van der Waals surface area (Å²) >= 11 is 12.1. The zero-order chi connectivity index (χ0) is 12.2. The second-order valence-electron chi connectivity index (χ2n) is 4.11. The third-order valence-corrected chi connectivity index (χ3v) is 3.50. The van der Waals surface area contributed by atoms with Crippen molar-refractivity contribution in [3.05, 3.63) is 40.4 Å². The van der Waals surface area contributed by atoms with E-state index < -0.39 is 0 Å². The highest BCUT2D eigenvalue weighted by atomic mass is 35.5. The minimum atomic E-state index is 0.641. The fourth-order valence-electron chi connectivity index (χ4n) is 2.34. The summed E-state index contributed by atoms with van der Waals surface area (Å²) in [6.45, 7) is 0. The molecule has 0 saturated carbocycles. The largest absolute Gasteiger partial charge is 0.397 e. The van der Waals surface area contributed by atoms with Crippen molar-refractivity contribution in [1.82, 2.24) is 4.57 Å². The molecule has 0 fully saturated rings. The molecule has 0 saturated heterocycles. The Morgan fingerprint density at radius 3 is 2.47 bits per heavy atom. The van der Waals surface area contributed by atoms with E-state index in [1.54, 1.807) is 6.07 Å². The number of aryl methyl sites for hydroxylation is 1. The Hall–Kier alpha value is -1.38. The molecule has 3 aromatic rings. The molecule has 0 aliphatic heterocycles. The lowest BCUT2D eigenvalue weighted by Gasteiger charge is -2.01. The van der Waals surface area contributed by atoms with Crippen molar-refractivity contribution in [2.75, 3.05) is 5.73 Å². The monoisotopic (exact) mass is 264 g/mol. The van der Waals surface area contributed by atoms with Gasteiger partial charge in [-0.15, -0.1) is 0 Å². The number of hydrogen-bond acceptors (Lipinski definition) is 1. The molecule has 0 aliphatic rings. The van der Waals surface area contributed by atoms with Crippen molar-refractivity contribution in [2.24, 2.45) is 7.05 Å². The SMILES string of the molecule is Cn1c2ccc(Cl)cc2c2cc(Cl)cc(N)c21. The highest BCUT2D eigenvalue weighted by Crippen LogP contribution is 2.35. The number of anilines is 1. The Labute approximate surface area is 109 Å². The molecule has 2 N–H and O–H groups in total. The maximum absolute atomic E-state index is 6.05. The third-order valence-electron chi connectivity index (χ3n) is 3.05. The zero-order valence-corrected chi connectivity index (χ0v) is 10.7. The molecule has 17 heavy (non-hydrogen) atoms. The van der Waals surface area contributed by atoms with Gasteiger partial charge >= 0.3 is 0 Å². The van der Waals surface area contributed by atoms with E-state index in [9.17, 15) is 0 Å². The van der Waals surface area contributed by atoms with Crippen LogP contribution in [-0.2, 0) is 7.05 Å². The number of aromatic nitrogens is 1. The van der Waals surface area contributed by atoms with Crippen LogP contribution in [0, 0.1) is 0 Å². The molecule has 4 heteroatoms. The van der Waals surface area contributed by atoms with E-state index in [1.165, 1.54) is 0 Å². The fourth-order valence-corrected chi connectivity index (χ4v) is 2.74. The molecule has 2 aromatic carbocycles. The maximum Gasteiger partial charge on any atom is 0.0723 e. The minimum absolute atomic E-state index is 0.641. The van der Waals surface area contributed by atoms with Crippen molar-refractivity contribution < 1.29 is 0 Å². The second-order valence-corrected chi connectivity index (χ2v) is 4.98. The average Bonchev–Trinajstić information content (AvgIpc) is 2.52. The highest BCUT2D eigenvalue weighted by molar-refractivity contribution is 6.33. The van der Waals surface area contributed by atoms with Crippen LogP contribution in [0.15, 0.2) is 30.3 Å². The van der Waals surface area contributed by atoms with Crippen LogP contribution < -0.4 is 5.73 Å². The average molecular weight is 265 g/mol. The van der Waals surface area contributed by atoms with Crippen LogP contribution in [0.25, 0.3) is 21.8 Å². The molecule has 2 nitrogen and oxygen atoms in total. The number of nitrogen functional groups attached to an aromatic ring is 1. The standard InChI is InChI=1S/C13H10Cl2N2/c1-17-12-3-2-7(14)4-9(12)10-5-8(15)6-11(16)13(10)17/h2-6H,16H2,1H3. The molecule has 0 unspecified atom stereocenters. The summed E-state index contributed by atoms with van der Waals surface area (Å²) in [5, 5.41) is 3.46. The Morgan fingerprint density at radius 1 is 1.00 bits per heavy atom. The summed E-state index contributed by atoms with van der Waals surface area (Å²) in [4.78, 5) is 0. The predicted molar refractivity (Wildman–Crippen MR) is 74.9 cm³/mol. The van der Waals surface area contributed by atoms with E-state index in [0.717, 1.165) is 21.8 Å². The Bertz CT molecular complexity index is 744. The lowest BCUT2D eigenvalue weighted by molar-refractivity contribution is 1.02. The van der Waals surface area contributed by atoms with Crippen molar-refractivity contribution in [1.29, 1.82) is 0 Å². The Morgan fingerprint density at radius 2 is 1.71 bits per heavy atom. The van der Waals surface area contributed by atoms with Crippen molar-refractivity contribution in [2.45, 2.75) is 0 Å². The van der Waals surface area contributed by atoms with E-state index in [1.807, 2.05) is 31.3 Å². The van der Waals surface area contributed by atoms with Crippen molar-refractivity contribution in [3.63, 3.8) is 0 Å². The van der Waals surface area contributed by atoms with Gasteiger partial charge in [-0.3, -0.25) is 0 Å². The first-order valence-corrected chi connectivity index (χ1v) is 5.96. The number of hydrogen-bond donors (Lipinski definition) is 1. The zero-order valence-electron chi connectivity index (χ0n) is 9.17. The topological polar surface area (TPSA) is 30.9 Å². The molecule has 0 amide bonds. The van der Waals surface area contributed by atoms with Gasteiger partial charge in [0.2, 0.25) is 0 Å². The molecule has 0 bridgehead atoms. The molecule has 86 valence electrons. The number of halogens is 2. The number of nitrogens with zero attached hydrogens (tertiary/aromatic N) is 1. The van der Waals surface area contributed by atoms with Gasteiger partial charge < -0.3 is 10.3 Å². The van der Waals surface area contributed by atoms with Crippen LogP contribution in [0.2, 0.25) is 10.0 Å². The van der Waals surface area contributed by atoms with E-state index >= 15 is 0 Å². The molecule has 0 spiro atoms. The highest BCUT2D eigenvalue weighted by Gasteiger charge is 2.11. The summed E-state index contributed by atoms with van der Waals surface area (Å²) in [7, 11) is 1.99. The molecule has 1 heterocycles. The van der Waals surface area contributed by atoms with Gasteiger partial charge in [-0.2, -0.15) is 0 Å². The number of nitrogens with two attached hydrogens (primary N) is 1. The quantitative estimate of drug-likeness (QED) is 0.606. The summed E-state index contributed by atoms with van der Waals surface area (Å²) in [5.74, 6) is 0. The molecule has 1 aromatic heterocycles. The molecular weight excluding hydrogens is 255 g/mol. The van der Waals surface area contributed by atoms with Gasteiger partial charge in [0.25, 0.3) is 0 Å². The van der Waals surface area contributed by atoms with Crippen LogP contribution in [0.1, 0.15) is 0 Å². The van der Waals surface area contributed by atoms with E-state index in [2.05, 4.69) is 4.57 Å². The number of benzene rings is 2. The minimum Gasteiger partial charge on any atom is -0.397 e.